The summed E-state index contributed by atoms with van der Waals surface area (Å²) in [5.41, 5.74) is 9.81. The van der Waals surface area contributed by atoms with Crippen LogP contribution in [0.1, 0.15) is 0 Å². The van der Waals surface area contributed by atoms with E-state index in [4.69, 9.17) is 26.8 Å². The van der Waals surface area contributed by atoms with Crippen molar-refractivity contribution in [3.05, 3.63) is 34.0 Å². The minimum Gasteiger partial charge on any atom is -1.00 e. The quantitative estimate of drug-likeness (QED) is 0.342. The molecule has 10 heteroatoms. The molecule has 1 aromatic rings. The summed E-state index contributed by atoms with van der Waals surface area (Å²) >= 11 is 0. The molecule has 0 aromatic carbocycles. The predicted octanol–water partition coefficient (Wildman–Crippen LogP) is -3.91. The van der Waals surface area contributed by atoms with E-state index in [1.807, 2.05) is 17.8 Å². The summed E-state index contributed by atoms with van der Waals surface area (Å²) in [7, 11) is 1.94. The Bertz CT molecular complexity index is 218. The number of nitrogens with two attached hydrogens (primary N) is 2. The fourth-order valence-electron chi connectivity index (χ4n) is 0.326. The number of rotatable bonds is 1. The second-order valence-corrected chi connectivity index (χ2v) is 2.03. The fourth-order valence-corrected chi connectivity index (χ4v) is 0.326. The first-order chi connectivity index (χ1) is 6.54. The van der Waals surface area contributed by atoms with Crippen LogP contribution in [0.4, 0.5) is 0 Å². The number of nitrogens with zero attached hydrogens (tertiary/aromatic N) is 3. The van der Waals surface area contributed by atoms with Crippen molar-refractivity contribution in [3.8, 4) is 0 Å². The fraction of sp³-hybridized carbons (Fsp3) is 0.500. The van der Waals surface area contributed by atoms with Crippen LogP contribution in [0.2, 0.25) is 0 Å². The third kappa shape index (κ3) is 37.7. The molecule has 1 rings (SSSR count). The van der Waals surface area contributed by atoms with Gasteiger partial charge in [-0.25, -0.2) is 4.98 Å². The van der Waals surface area contributed by atoms with E-state index in [9.17, 15) is 0 Å². The first-order valence-electron chi connectivity index (χ1n) is 3.68. The van der Waals surface area contributed by atoms with Crippen molar-refractivity contribution >= 4 is 0 Å². The molecule has 0 radical (unpaired) electrons. The second-order valence-electron chi connectivity index (χ2n) is 2.03. The van der Waals surface area contributed by atoms with Crippen LogP contribution in [-0.2, 0) is 28.1 Å². The first kappa shape index (κ1) is 24.5. The van der Waals surface area contributed by atoms with Crippen molar-refractivity contribution in [1.29, 1.82) is 0 Å². The van der Waals surface area contributed by atoms with Gasteiger partial charge in [-0.05, 0) is 0 Å². The average molecular weight is 435 g/mol. The minimum absolute atomic E-state index is 0. The van der Waals surface area contributed by atoms with E-state index in [1.54, 1.807) is 12.5 Å². The van der Waals surface area contributed by atoms with E-state index in [2.05, 4.69) is 4.98 Å². The Hall–Kier alpha value is -0.692. The Labute approximate surface area is 114 Å². The van der Waals surface area contributed by atoms with Gasteiger partial charge in [0.05, 0.1) is 11.4 Å². The molecule has 4 N–H and O–H groups in total. The Balaban J connectivity index is -0.0000000660. The topological polar surface area (TPSA) is 136 Å². The number of imidazole rings is 1. The molecule has 0 atom stereocenters. The molecule has 1 heterocycles. The molecule has 0 saturated heterocycles. The van der Waals surface area contributed by atoms with Gasteiger partial charge in [-0.15, -0.1) is 0 Å². The molecule has 0 unspecified atom stereocenters. The molecule has 0 aliphatic rings. The maximum Gasteiger partial charge on any atom is 2.00 e. The van der Waals surface area contributed by atoms with E-state index >= 15 is 0 Å². The third-order valence-corrected chi connectivity index (χ3v) is 0.803. The van der Waals surface area contributed by atoms with Gasteiger partial charge >= 0.3 is 21.1 Å². The average Bonchev–Trinajstić information content (AvgIpc) is 2.55. The van der Waals surface area contributed by atoms with E-state index < -0.39 is 5.09 Å². The number of hydrogen-bond donors (Lipinski definition) is 2. The number of hydrogen-bond acceptors (Lipinski definition) is 6. The van der Waals surface area contributed by atoms with Gasteiger partial charge in [-0.3, -0.25) is 0 Å². The molecule has 0 fully saturated rings. The number of halogens is 1. The second kappa shape index (κ2) is 19.8. The van der Waals surface area contributed by atoms with Crippen molar-refractivity contribution in [3.63, 3.8) is 0 Å². The zero-order valence-corrected chi connectivity index (χ0v) is 11.6. The zero-order valence-electron chi connectivity index (χ0n) is 8.56. The van der Waals surface area contributed by atoms with Crippen molar-refractivity contribution in [1.82, 2.24) is 9.55 Å². The molecule has 0 aliphatic heterocycles. The van der Waals surface area contributed by atoms with Gasteiger partial charge in [0, 0.05) is 32.5 Å². The molecule has 0 spiro atoms. The van der Waals surface area contributed by atoms with Gasteiger partial charge in [0.25, 0.3) is 0 Å². The van der Waals surface area contributed by atoms with Crippen LogP contribution >= 0.6 is 0 Å². The third-order valence-electron chi connectivity index (χ3n) is 0.803. The van der Waals surface area contributed by atoms with Gasteiger partial charge in [-0.1, -0.05) is 0 Å². The van der Waals surface area contributed by atoms with E-state index in [0.29, 0.717) is 13.1 Å². The minimum atomic E-state index is -1.75. The predicted molar refractivity (Wildman–Crippen MR) is 51.7 cm³/mol. The van der Waals surface area contributed by atoms with Gasteiger partial charge in [0.15, 0.2) is 0 Å². The molecule has 8 nitrogen and oxygen atoms in total. The zero-order chi connectivity index (χ0) is 11.4. The SMILES string of the molecule is Cn1ccnc1.NCCN.O=[N+]([O-])[O-].[Cl-].[Pt+2]. The maximum atomic E-state index is 8.25. The number of aromatic nitrogens is 2. The molecule has 0 saturated carbocycles. The summed E-state index contributed by atoms with van der Waals surface area (Å²) in [5.74, 6) is 0. The largest absolute Gasteiger partial charge is 2.00 e. The van der Waals surface area contributed by atoms with Crippen LogP contribution < -0.4 is 23.9 Å². The first-order valence-corrected chi connectivity index (χ1v) is 3.68. The Morgan fingerprint density at radius 2 is 1.75 bits per heavy atom. The van der Waals surface area contributed by atoms with Gasteiger partial charge in [-0.2, -0.15) is 0 Å². The van der Waals surface area contributed by atoms with E-state index in [1.165, 1.54) is 0 Å². The van der Waals surface area contributed by atoms with Crippen molar-refractivity contribution in [2.24, 2.45) is 18.5 Å². The summed E-state index contributed by atoms with van der Waals surface area (Å²) in [6.07, 6.45) is 5.39. The van der Waals surface area contributed by atoms with Crippen LogP contribution in [0.5, 0.6) is 0 Å². The molecule has 0 amide bonds. The van der Waals surface area contributed by atoms with Crippen LogP contribution in [-0.4, -0.2) is 27.7 Å². The Kier molecular flexibility index (Phi) is 30.4. The summed E-state index contributed by atoms with van der Waals surface area (Å²) in [5, 5.41) is 14.8. The normalized spacial score (nSPS) is 6.69. The maximum absolute atomic E-state index is 8.25. The summed E-state index contributed by atoms with van der Waals surface area (Å²) < 4.78 is 1.89. The number of aryl methyl sites for hydroxylation is 1. The van der Waals surface area contributed by atoms with E-state index in [0.717, 1.165) is 0 Å². The Morgan fingerprint density at radius 3 is 1.81 bits per heavy atom. The van der Waals surface area contributed by atoms with Crippen molar-refractivity contribution < 1.29 is 38.6 Å². The van der Waals surface area contributed by atoms with Gasteiger partial charge in [0.2, 0.25) is 0 Å². The molecular weight excluding hydrogens is 421 g/mol. The van der Waals surface area contributed by atoms with Crippen LogP contribution in [0.25, 0.3) is 0 Å². The molecule has 1 aromatic heterocycles. The van der Waals surface area contributed by atoms with Crippen LogP contribution in [0.3, 0.4) is 0 Å². The van der Waals surface area contributed by atoms with Gasteiger partial charge < -0.3 is 43.8 Å². The summed E-state index contributed by atoms with van der Waals surface area (Å²) in [4.78, 5) is 12.0. The standard InChI is InChI=1S/C4H6N2.C2H8N2.ClH.NO3.Pt/c1-6-3-2-5-4-6;3-1-2-4;;2-1(3)4;/h2-4H,1H3;1-4H2;1H;;/q;;;-1;+2/p-1. The molecule has 0 bridgehead atoms. The van der Waals surface area contributed by atoms with Crippen LogP contribution in [0, 0.1) is 15.3 Å². The smallest absolute Gasteiger partial charge is 1.00 e. The molecule has 98 valence electrons. The summed E-state index contributed by atoms with van der Waals surface area (Å²) in [6, 6.07) is 0. The van der Waals surface area contributed by atoms with Crippen molar-refractivity contribution in [2.45, 2.75) is 0 Å². The monoisotopic (exact) mass is 434 g/mol. The Morgan fingerprint density at radius 1 is 1.38 bits per heavy atom. The van der Waals surface area contributed by atoms with E-state index in [-0.39, 0.29) is 33.5 Å². The van der Waals surface area contributed by atoms with Gasteiger partial charge in [0.1, 0.15) is 0 Å². The molecule has 16 heavy (non-hydrogen) atoms. The van der Waals surface area contributed by atoms with Crippen LogP contribution in [0.15, 0.2) is 18.7 Å². The molecule has 0 aliphatic carbocycles. The molecular formula is C6H14ClN5O3Pt. The summed E-state index contributed by atoms with van der Waals surface area (Å²) in [6.45, 7) is 1.19. The van der Waals surface area contributed by atoms with Crippen molar-refractivity contribution in [2.75, 3.05) is 13.1 Å².